The van der Waals surface area contributed by atoms with E-state index in [1.807, 2.05) is 55.5 Å². The van der Waals surface area contributed by atoms with E-state index in [1.165, 1.54) is 11.8 Å². The molecule has 1 amide bonds. The van der Waals surface area contributed by atoms with Crippen LogP contribution in [0.2, 0.25) is 0 Å². The predicted octanol–water partition coefficient (Wildman–Crippen LogP) is 4.33. The number of nitrogens with one attached hydrogen (secondary N) is 1. The molecule has 0 bridgehead atoms. The molecule has 134 valence electrons. The van der Waals surface area contributed by atoms with Crippen molar-refractivity contribution in [2.45, 2.75) is 13.3 Å². The Hall–Kier alpha value is -2.31. The van der Waals surface area contributed by atoms with Gasteiger partial charge in [-0.3, -0.25) is 4.79 Å². The van der Waals surface area contributed by atoms with Crippen LogP contribution in [0.25, 0.3) is 6.08 Å². The SMILES string of the molecule is Cc1ccccc1OCCCOc1ccccc1/C=C1/SC(=S)NC1=O. The van der Waals surface area contributed by atoms with Crippen LogP contribution in [-0.2, 0) is 4.79 Å². The zero-order valence-corrected chi connectivity index (χ0v) is 16.0. The van der Waals surface area contributed by atoms with Crippen LogP contribution in [0.5, 0.6) is 11.5 Å². The summed E-state index contributed by atoms with van der Waals surface area (Å²) >= 11 is 6.28. The van der Waals surface area contributed by atoms with E-state index in [2.05, 4.69) is 5.32 Å². The second-order valence-corrected chi connectivity index (χ2v) is 7.42. The molecular formula is C20H19NO3S2. The third-order valence-corrected chi connectivity index (χ3v) is 4.91. The fraction of sp³-hybridized carbons (Fsp3) is 0.200. The maximum atomic E-state index is 11.8. The quantitative estimate of drug-likeness (QED) is 0.437. The molecule has 0 spiro atoms. The molecule has 0 saturated carbocycles. The Kier molecular flexibility index (Phi) is 6.30. The van der Waals surface area contributed by atoms with Crippen LogP contribution in [0.3, 0.4) is 0 Å². The van der Waals surface area contributed by atoms with Gasteiger partial charge >= 0.3 is 0 Å². The molecule has 26 heavy (non-hydrogen) atoms. The first kappa shape index (κ1) is 18.5. The van der Waals surface area contributed by atoms with Gasteiger partial charge in [0, 0.05) is 12.0 Å². The second kappa shape index (κ2) is 8.87. The van der Waals surface area contributed by atoms with Crippen LogP contribution in [0.15, 0.2) is 53.4 Å². The highest BCUT2D eigenvalue weighted by atomic mass is 32.2. The summed E-state index contributed by atoms with van der Waals surface area (Å²) in [7, 11) is 0. The van der Waals surface area contributed by atoms with Crippen LogP contribution >= 0.6 is 24.0 Å². The number of aryl methyl sites for hydroxylation is 1. The number of carbonyl (C=O) groups is 1. The van der Waals surface area contributed by atoms with Gasteiger partial charge in [0.2, 0.25) is 0 Å². The van der Waals surface area contributed by atoms with Crippen LogP contribution in [0.4, 0.5) is 0 Å². The summed E-state index contributed by atoms with van der Waals surface area (Å²) in [6.45, 7) is 3.14. The first-order chi connectivity index (χ1) is 12.6. The molecule has 1 aliphatic rings. The Morgan fingerprint density at radius 3 is 2.38 bits per heavy atom. The highest BCUT2D eigenvalue weighted by Crippen LogP contribution is 2.29. The summed E-state index contributed by atoms with van der Waals surface area (Å²) in [5.41, 5.74) is 1.98. The Bertz CT molecular complexity index is 848. The molecule has 6 heteroatoms. The minimum absolute atomic E-state index is 0.165. The van der Waals surface area contributed by atoms with Gasteiger partial charge in [0.05, 0.1) is 18.1 Å². The van der Waals surface area contributed by atoms with Gasteiger partial charge in [-0.25, -0.2) is 0 Å². The first-order valence-corrected chi connectivity index (χ1v) is 9.51. The monoisotopic (exact) mass is 385 g/mol. The highest BCUT2D eigenvalue weighted by Gasteiger charge is 2.22. The standard InChI is InChI=1S/C20H19NO3S2/c1-14-7-2-4-9-16(14)23-11-6-12-24-17-10-5-3-8-15(17)13-18-19(22)21-20(25)26-18/h2-5,7-10,13H,6,11-12H2,1H3,(H,21,22,25)/b18-13+. The molecule has 1 heterocycles. The van der Waals surface area contributed by atoms with Gasteiger partial charge in [-0.1, -0.05) is 60.4 Å². The van der Waals surface area contributed by atoms with E-state index in [9.17, 15) is 4.79 Å². The summed E-state index contributed by atoms with van der Waals surface area (Å²) < 4.78 is 12.1. The maximum Gasteiger partial charge on any atom is 0.263 e. The minimum Gasteiger partial charge on any atom is -0.493 e. The van der Waals surface area contributed by atoms with Crippen molar-refractivity contribution in [3.63, 3.8) is 0 Å². The molecule has 0 radical (unpaired) electrons. The number of thiocarbonyl (C=S) groups is 1. The number of para-hydroxylation sites is 2. The molecule has 1 aliphatic heterocycles. The van der Waals surface area contributed by atoms with E-state index in [0.717, 1.165) is 29.0 Å². The Morgan fingerprint density at radius 2 is 1.69 bits per heavy atom. The highest BCUT2D eigenvalue weighted by molar-refractivity contribution is 8.26. The van der Waals surface area contributed by atoms with E-state index >= 15 is 0 Å². The van der Waals surface area contributed by atoms with Gasteiger partial charge in [0.25, 0.3) is 5.91 Å². The summed E-state index contributed by atoms with van der Waals surface area (Å²) in [4.78, 5) is 12.4. The number of hydrogen-bond donors (Lipinski definition) is 1. The van der Waals surface area contributed by atoms with Crippen LogP contribution in [-0.4, -0.2) is 23.4 Å². The molecule has 0 atom stereocenters. The van der Waals surface area contributed by atoms with Crippen molar-refractivity contribution >= 4 is 40.3 Å². The van der Waals surface area contributed by atoms with E-state index in [4.69, 9.17) is 21.7 Å². The number of thioether (sulfide) groups is 1. The van der Waals surface area contributed by atoms with Crippen molar-refractivity contribution in [2.75, 3.05) is 13.2 Å². The smallest absolute Gasteiger partial charge is 0.263 e. The van der Waals surface area contributed by atoms with Gasteiger partial charge in [-0.15, -0.1) is 0 Å². The average molecular weight is 386 g/mol. The molecule has 0 aromatic heterocycles. The number of ether oxygens (including phenoxy) is 2. The van der Waals surface area contributed by atoms with Crippen LogP contribution < -0.4 is 14.8 Å². The van der Waals surface area contributed by atoms with Crippen molar-refractivity contribution in [1.29, 1.82) is 0 Å². The number of benzene rings is 2. The fourth-order valence-corrected chi connectivity index (χ4v) is 3.47. The lowest BCUT2D eigenvalue weighted by molar-refractivity contribution is -0.115. The molecule has 0 unspecified atom stereocenters. The normalized spacial score (nSPS) is 15.2. The summed E-state index contributed by atoms with van der Waals surface area (Å²) in [6, 6.07) is 15.6. The molecule has 1 saturated heterocycles. The lowest BCUT2D eigenvalue weighted by Crippen LogP contribution is -2.17. The molecule has 1 N–H and O–H groups in total. The van der Waals surface area contributed by atoms with Crippen molar-refractivity contribution in [2.24, 2.45) is 0 Å². The Labute approximate surface area is 162 Å². The molecule has 0 aliphatic carbocycles. The molecule has 3 rings (SSSR count). The predicted molar refractivity (Wildman–Crippen MR) is 110 cm³/mol. The summed E-state index contributed by atoms with van der Waals surface area (Å²) in [5.74, 6) is 1.47. The number of amides is 1. The van der Waals surface area contributed by atoms with Gasteiger partial charge < -0.3 is 14.8 Å². The first-order valence-electron chi connectivity index (χ1n) is 8.28. The zero-order valence-electron chi connectivity index (χ0n) is 14.4. The van der Waals surface area contributed by atoms with Gasteiger partial charge in [0.15, 0.2) is 0 Å². The lowest BCUT2D eigenvalue weighted by Gasteiger charge is -2.11. The number of hydrogen-bond acceptors (Lipinski definition) is 5. The molecule has 4 nitrogen and oxygen atoms in total. The third kappa shape index (κ3) is 4.86. The topological polar surface area (TPSA) is 47.6 Å². The zero-order chi connectivity index (χ0) is 18.4. The summed E-state index contributed by atoms with van der Waals surface area (Å²) in [5, 5.41) is 2.62. The Balaban J connectivity index is 1.54. The largest absolute Gasteiger partial charge is 0.493 e. The minimum atomic E-state index is -0.165. The molecule has 2 aromatic carbocycles. The number of rotatable bonds is 7. The maximum absolute atomic E-state index is 11.8. The lowest BCUT2D eigenvalue weighted by atomic mass is 10.2. The Morgan fingerprint density at radius 1 is 1.04 bits per heavy atom. The van der Waals surface area contributed by atoms with Gasteiger partial charge in [-0.05, 0) is 30.7 Å². The third-order valence-electron chi connectivity index (χ3n) is 3.75. The summed E-state index contributed by atoms with van der Waals surface area (Å²) in [6.07, 6.45) is 2.57. The number of carbonyl (C=O) groups excluding carboxylic acids is 1. The van der Waals surface area contributed by atoms with E-state index in [0.29, 0.717) is 22.4 Å². The second-order valence-electron chi connectivity index (χ2n) is 5.71. The fourth-order valence-electron chi connectivity index (χ4n) is 2.44. The van der Waals surface area contributed by atoms with Crippen molar-refractivity contribution in [3.05, 3.63) is 64.6 Å². The van der Waals surface area contributed by atoms with Crippen molar-refractivity contribution in [3.8, 4) is 11.5 Å². The average Bonchev–Trinajstić information content (AvgIpc) is 2.94. The molecular weight excluding hydrogens is 366 g/mol. The van der Waals surface area contributed by atoms with Crippen LogP contribution in [0, 0.1) is 6.92 Å². The van der Waals surface area contributed by atoms with Crippen molar-refractivity contribution in [1.82, 2.24) is 5.32 Å². The van der Waals surface area contributed by atoms with E-state index in [-0.39, 0.29) is 5.91 Å². The van der Waals surface area contributed by atoms with Gasteiger partial charge in [-0.2, -0.15) is 0 Å². The molecule has 2 aromatic rings. The van der Waals surface area contributed by atoms with Crippen molar-refractivity contribution < 1.29 is 14.3 Å². The van der Waals surface area contributed by atoms with E-state index in [1.54, 1.807) is 6.08 Å². The molecule has 1 fully saturated rings. The van der Waals surface area contributed by atoms with Crippen LogP contribution in [0.1, 0.15) is 17.5 Å². The van der Waals surface area contributed by atoms with E-state index < -0.39 is 0 Å². The van der Waals surface area contributed by atoms with Gasteiger partial charge in [0.1, 0.15) is 15.8 Å².